The average Bonchev–Trinajstić information content (AvgIpc) is 2.42. The average molecular weight is 272 g/mol. The molecule has 0 atom stereocenters. The quantitative estimate of drug-likeness (QED) is 0.531. The summed E-state index contributed by atoms with van der Waals surface area (Å²) in [4.78, 5) is 0. The lowest BCUT2D eigenvalue weighted by atomic mass is 10.1. The SMILES string of the molecule is Nc1ccc(N)c(CNc2c(N)cccc2CCO)c1. The predicted octanol–water partition coefficient (Wildman–Crippen LogP) is 1.58. The molecule has 20 heavy (non-hydrogen) atoms. The van der Waals surface area contributed by atoms with Crippen LogP contribution in [-0.2, 0) is 13.0 Å². The van der Waals surface area contributed by atoms with E-state index in [1.807, 2.05) is 24.3 Å². The van der Waals surface area contributed by atoms with E-state index in [0.717, 1.165) is 16.8 Å². The molecule has 2 aromatic carbocycles. The molecule has 0 aliphatic heterocycles. The molecular weight excluding hydrogens is 252 g/mol. The minimum Gasteiger partial charge on any atom is -0.399 e. The molecule has 5 heteroatoms. The summed E-state index contributed by atoms with van der Waals surface area (Å²) in [6.45, 7) is 0.613. The summed E-state index contributed by atoms with van der Waals surface area (Å²) >= 11 is 0. The largest absolute Gasteiger partial charge is 0.399 e. The molecule has 0 aliphatic carbocycles. The molecule has 0 spiro atoms. The van der Waals surface area contributed by atoms with Crippen molar-refractivity contribution in [2.24, 2.45) is 0 Å². The maximum Gasteiger partial charge on any atom is 0.0609 e. The first-order valence-corrected chi connectivity index (χ1v) is 6.47. The van der Waals surface area contributed by atoms with Crippen molar-refractivity contribution in [3.8, 4) is 0 Å². The third kappa shape index (κ3) is 3.13. The van der Waals surface area contributed by atoms with Crippen LogP contribution in [0.3, 0.4) is 0 Å². The molecule has 0 aliphatic rings. The fourth-order valence-corrected chi connectivity index (χ4v) is 2.13. The minimum absolute atomic E-state index is 0.0819. The van der Waals surface area contributed by atoms with E-state index in [0.29, 0.717) is 30.0 Å². The summed E-state index contributed by atoms with van der Waals surface area (Å²) in [7, 11) is 0. The fraction of sp³-hybridized carbons (Fsp3) is 0.200. The van der Waals surface area contributed by atoms with Crippen LogP contribution in [0.15, 0.2) is 36.4 Å². The minimum atomic E-state index is 0.0819. The van der Waals surface area contributed by atoms with Gasteiger partial charge in [0.05, 0.1) is 11.4 Å². The second-order valence-corrected chi connectivity index (χ2v) is 4.67. The van der Waals surface area contributed by atoms with E-state index in [-0.39, 0.29) is 6.61 Å². The number of aliphatic hydroxyl groups excluding tert-OH is 1. The summed E-state index contributed by atoms with van der Waals surface area (Å²) in [5, 5.41) is 12.4. The van der Waals surface area contributed by atoms with Gasteiger partial charge in [-0.15, -0.1) is 0 Å². The van der Waals surface area contributed by atoms with E-state index >= 15 is 0 Å². The first-order chi connectivity index (χ1) is 9.61. The van der Waals surface area contributed by atoms with Crippen molar-refractivity contribution in [2.75, 3.05) is 29.1 Å². The topological polar surface area (TPSA) is 110 Å². The third-order valence-electron chi connectivity index (χ3n) is 3.19. The zero-order valence-electron chi connectivity index (χ0n) is 11.3. The molecule has 0 heterocycles. The van der Waals surface area contributed by atoms with E-state index in [9.17, 15) is 0 Å². The normalized spacial score (nSPS) is 10.4. The van der Waals surface area contributed by atoms with Gasteiger partial charge in [0, 0.05) is 24.5 Å². The van der Waals surface area contributed by atoms with Gasteiger partial charge >= 0.3 is 0 Å². The maximum absolute atomic E-state index is 9.10. The van der Waals surface area contributed by atoms with Crippen molar-refractivity contribution >= 4 is 22.7 Å². The van der Waals surface area contributed by atoms with Crippen LogP contribution >= 0.6 is 0 Å². The first kappa shape index (κ1) is 14.0. The van der Waals surface area contributed by atoms with Gasteiger partial charge < -0.3 is 27.6 Å². The summed E-state index contributed by atoms with van der Waals surface area (Å²) in [6, 6.07) is 11.0. The van der Waals surface area contributed by atoms with Crippen LogP contribution in [-0.4, -0.2) is 11.7 Å². The Balaban J connectivity index is 2.20. The highest BCUT2D eigenvalue weighted by molar-refractivity contribution is 5.71. The molecule has 0 radical (unpaired) electrons. The molecule has 2 rings (SSSR count). The van der Waals surface area contributed by atoms with E-state index in [4.69, 9.17) is 22.3 Å². The van der Waals surface area contributed by atoms with Crippen molar-refractivity contribution in [3.05, 3.63) is 47.5 Å². The lowest BCUT2D eigenvalue weighted by Crippen LogP contribution is -2.08. The third-order valence-corrected chi connectivity index (χ3v) is 3.19. The van der Waals surface area contributed by atoms with E-state index < -0.39 is 0 Å². The summed E-state index contributed by atoms with van der Waals surface area (Å²) in [6.07, 6.45) is 0.555. The number of hydrogen-bond donors (Lipinski definition) is 5. The molecule has 0 saturated carbocycles. The molecule has 8 N–H and O–H groups in total. The highest BCUT2D eigenvalue weighted by Gasteiger charge is 2.07. The number of benzene rings is 2. The van der Waals surface area contributed by atoms with Crippen molar-refractivity contribution in [3.63, 3.8) is 0 Å². The van der Waals surface area contributed by atoms with Crippen molar-refractivity contribution in [1.82, 2.24) is 0 Å². The molecule has 0 fully saturated rings. The van der Waals surface area contributed by atoms with Crippen LogP contribution in [0.2, 0.25) is 0 Å². The number of para-hydroxylation sites is 1. The van der Waals surface area contributed by atoms with Gasteiger partial charge in [-0.1, -0.05) is 12.1 Å². The van der Waals surface area contributed by atoms with Crippen LogP contribution in [0.25, 0.3) is 0 Å². The zero-order valence-corrected chi connectivity index (χ0v) is 11.3. The standard InChI is InChI=1S/C15H20N4O/c16-12-4-5-13(17)11(8-12)9-19-15-10(6-7-20)2-1-3-14(15)18/h1-5,8,19-20H,6-7,9,16-18H2. The second kappa shape index (κ2) is 6.16. The van der Waals surface area contributed by atoms with Crippen molar-refractivity contribution < 1.29 is 5.11 Å². The van der Waals surface area contributed by atoms with Gasteiger partial charge in [-0.25, -0.2) is 0 Å². The van der Waals surface area contributed by atoms with E-state index in [2.05, 4.69) is 5.32 Å². The number of hydrogen-bond acceptors (Lipinski definition) is 5. The number of nitrogen functional groups attached to an aromatic ring is 3. The Morgan fingerprint density at radius 1 is 0.950 bits per heavy atom. The van der Waals surface area contributed by atoms with Gasteiger partial charge in [0.15, 0.2) is 0 Å². The molecule has 0 amide bonds. The van der Waals surface area contributed by atoms with Crippen molar-refractivity contribution in [1.29, 1.82) is 0 Å². The smallest absolute Gasteiger partial charge is 0.0609 e. The molecule has 0 bridgehead atoms. The Labute approximate surface area is 118 Å². The zero-order chi connectivity index (χ0) is 14.5. The van der Waals surface area contributed by atoms with Crippen LogP contribution in [0.5, 0.6) is 0 Å². The summed E-state index contributed by atoms with van der Waals surface area (Å²) < 4.78 is 0. The van der Waals surface area contributed by atoms with Gasteiger partial charge in [0.2, 0.25) is 0 Å². The maximum atomic E-state index is 9.10. The number of anilines is 4. The highest BCUT2D eigenvalue weighted by atomic mass is 16.2. The van der Waals surface area contributed by atoms with Gasteiger partial charge in [0.25, 0.3) is 0 Å². The Kier molecular flexibility index (Phi) is 4.32. The number of nitrogens with one attached hydrogen (secondary N) is 1. The lowest BCUT2D eigenvalue weighted by Gasteiger charge is -2.15. The van der Waals surface area contributed by atoms with E-state index in [1.54, 1.807) is 12.1 Å². The number of rotatable bonds is 5. The van der Waals surface area contributed by atoms with Gasteiger partial charge in [-0.2, -0.15) is 0 Å². The predicted molar refractivity (Wildman–Crippen MR) is 84.2 cm³/mol. The van der Waals surface area contributed by atoms with Crippen LogP contribution in [0.4, 0.5) is 22.7 Å². The Bertz CT molecular complexity index is 598. The molecular formula is C15H20N4O. The highest BCUT2D eigenvalue weighted by Crippen LogP contribution is 2.25. The second-order valence-electron chi connectivity index (χ2n) is 4.67. The molecule has 5 nitrogen and oxygen atoms in total. The Morgan fingerprint density at radius 2 is 1.75 bits per heavy atom. The van der Waals surface area contributed by atoms with E-state index in [1.165, 1.54) is 0 Å². The van der Waals surface area contributed by atoms with Crippen LogP contribution in [0.1, 0.15) is 11.1 Å². The number of aliphatic hydroxyl groups is 1. The Morgan fingerprint density at radius 3 is 2.50 bits per heavy atom. The molecule has 0 saturated heterocycles. The molecule has 0 unspecified atom stereocenters. The van der Waals surface area contributed by atoms with Gasteiger partial charge in [-0.05, 0) is 41.8 Å². The summed E-state index contributed by atoms with van der Waals surface area (Å²) in [5.74, 6) is 0. The van der Waals surface area contributed by atoms with Crippen LogP contribution < -0.4 is 22.5 Å². The molecule has 106 valence electrons. The fourth-order valence-electron chi connectivity index (χ4n) is 2.13. The monoisotopic (exact) mass is 272 g/mol. The molecule has 2 aromatic rings. The molecule has 0 aromatic heterocycles. The van der Waals surface area contributed by atoms with Gasteiger partial charge in [0.1, 0.15) is 0 Å². The van der Waals surface area contributed by atoms with Gasteiger partial charge in [-0.3, -0.25) is 0 Å². The van der Waals surface area contributed by atoms with Crippen molar-refractivity contribution in [2.45, 2.75) is 13.0 Å². The number of nitrogens with two attached hydrogens (primary N) is 3. The summed E-state index contributed by atoms with van der Waals surface area (Å²) in [5.41, 5.74) is 22.4. The lowest BCUT2D eigenvalue weighted by molar-refractivity contribution is 0.300. The Hall–Kier alpha value is -2.40. The van der Waals surface area contributed by atoms with Crippen LogP contribution in [0, 0.1) is 0 Å². The first-order valence-electron chi connectivity index (χ1n) is 6.47.